The first-order chi connectivity index (χ1) is 8.85. The van der Waals surface area contributed by atoms with Crippen LogP contribution in [0, 0.1) is 17.2 Å². The van der Waals surface area contributed by atoms with Gasteiger partial charge in [0.05, 0.1) is 12.5 Å². The molecule has 0 N–H and O–H groups in total. The Labute approximate surface area is 110 Å². The van der Waals surface area contributed by atoms with Crippen molar-refractivity contribution in [3.63, 3.8) is 0 Å². The summed E-state index contributed by atoms with van der Waals surface area (Å²) < 4.78 is 0. The van der Waals surface area contributed by atoms with Gasteiger partial charge in [-0.1, -0.05) is 43.7 Å². The smallest absolute Gasteiger partial charge is 0.0641 e. The average molecular weight is 242 g/mol. The molecule has 1 unspecified atom stereocenters. The van der Waals surface area contributed by atoms with E-state index in [1.165, 1.54) is 24.8 Å². The highest BCUT2D eigenvalue weighted by atomic mass is 15.2. The van der Waals surface area contributed by atoms with Crippen molar-refractivity contribution in [3.05, 3.63) is 35.9 Å². The van der Waals surface area contributed by atoms with Crippen LogP contribution in [0.2, 0.25) is 0 Å². The number of hydrogen-bond donors (Lipinski definition) is 0. The van der Waals surface area contributed by atoms with Crippen LogP contribution < -0.4 is 0 Å². The van der Waals surface area contributed by atoms with Gasteiger partial charge in [0.15, 0.2) is 0 Å². The van der Waals surface area contributed by atoms with Gasteiger partial charge in [0.2, 0.25) is 0 Å². The summed E-state index contributed by atoms with van der Waals surface area (Å²) in [7, 11) is 0. The second-order valence-electron chi connectivity index (χ2n) is 5.17. The molecule has 2 rings (SSSR count). The van der Waals surface area contributed by atoms with E-state index in [9.17, 15) is 0 Å². The van der Waals surface area contributed by atoms with Crippen molar-refractivity contribution in [2.75, 3.05) is 13.1 Å². The maximum Gasteiger partial charge on any atom is 0.0641 e. The van der Waals surface area contributed by atoms with Crippen LogP contribution in [0.1, 0.15) is 44.2 Å². The Morgan fingerprint density at radius 1 is 1.33 bits per heavy atom. The predicted octanol–water partition coefficient (Wildman–Crippen LogP) is 3.76. The largest absolute Gasteiger partial charge is 0.295 e. The molecule has 1 aliphatic rings. The van der Waals surface area contributed by atoms with Crippen LogP contribution in [0.3, 0.4) is 0 Å². The van der Waals surface area contributed by atoms with Crippen molar-refractivity contribution in [2.45, 2.75) is 38.6 Å². The minimum atomic E-state index is 0.266. The van der Waals surface area contributed by atoms with Gasteiger partial charge in [0.25, 0.3) is 0 Å². The predicted molar refractivity (Wildman–Crippen MR) is 74.0 cm³/mol. The number of nitrogens with zero attached hydrogens (tertiary/aromatic N) is 2. The highest BCUT2D eigenvalue weighted by molar-refractivity contribution is 5.20. The van der Waals surface area contributed by atoms with Gasteiger partial charge in [-0.3, -0.25) is 4.90 Å². The van der Waals surface area contributed by atoms with E-state index in [0.29, 0.717) is 6.42 Å². The van der Waals surface area contributed by atoms with E-state index < -0.39 is 0 Å². The average Bonchev–Trinajstić information content (AvgIpc) is 2.37. The SMILES string of the molecule is CCN(CC1CCC1)C(CC#N)c1ccccc1. The maximum absolute atomic E-state index is 9.07. The van der Waals surface area contributed by atoms with Gasteiger partial charge in [0, 0.05) is 12.6 Å². The number of nitriles is 1. The first-order valence-corrected chi connectivity index (χ1v) is 7.01. The fourth-order valence-electron chi connectivity index (χ4n) is 2.70. The Bertz CT molecular complexity index is 389. The van der Waals surface area contributed by atoms with Crippen molar-refractivity contribution in [2.24, 2.45) is 5.92 Å². The topological polar surface area (TPSA) is 27.0 Å². The summed E-state index contributed by atoms with van der Waals surface area (Å²) in [5, 5.41) is 9.07. The van der Waals surface area contributed by atoms with Crippen LogP contribution in [-0.4, -0.2) is 18.0 Å². The molecule has 0 amide bonds. The molecule has 0 radical (unpaired) electrons. The van der Waals surface area contributed by atoms with Crippen LogP contribution in [0.25, 0.3) is 0 Å². The zero-order valence-corrected chi connectivity index (χ0v) is 11.2. The lowest BCUT2D eigenvalue weighted by Crippen LogP contribution is -2.35. The number of rotatable bonds is 6. The van der Waals surface area contributed by atoms with Gasteiger partial charge in [-0.05, 0) is 30.9 Å². The Hall–Kier alpha value is -1.33. The Morgan fingerprint density at radius 2 is 2.06 bits per heavy atom. The zero-order valence-electron chi connectivity index (χ0n) is 11.2. The van der Waals surface area contributed by atoms with E-state index in [1.807, 2.05) is 6.07 Å². The lowest BCUT2D eigenvalue weighted by molar-refractivity contribution is 0.139. The minimum absolute atomic E-state index is 0.266. The standard InChI is InChI=1S/C16H22N2/c1-2-18(13-14-7-6-8-14)16(11-12-17)15-9-4-3-5-10-15/h3-5,9-10,14,16H,2,6-8,11,13H2,1H3. The molecular weight excluding hydrogens is 220 g/mol. The fourth-order valence-corrected chi connectivity index (χ4v) is 2.70. The minimum Gasteiger partial charge on any atom is -0.295 e. The lowest BCUT2D eigenvalue weighted by Gasteiger charge is -2.36. The molecular formula is C16H22N2. The van der Waals surface area contributed by atoms with Gasteiger partial charge in [-0.2, -0.15) is 5.26 Å². The molecule has 2 heteroatoms. The maximum atomic E-state index is 9.07. The molecule has 0 aliphatic heterocycles. The van der Waals surface area contributed by atoms with Gasteiger partial charge in [0.1, 0.15) is 0 Å². The Balaban J connectivity index is 2.09. The molecule has 0 bridgehead atoms. The van der Waals surface area contributed by atoms with Gasteiger partial charge < -0.3 is 0 Å². The lowest BCUT2D eigenvalue weighted by atomic mass is 9.84. The third-order valence-electron chi connectivity index (χ3n) is 4.03. The van der Waals surface area contributed by atoms with Crippen LogP contribution in [0.5, 0.6) is 0 Å². The monoisotopic (exact) mass is 242 g/mol. The van der Waals surface area contributed by atoms with Gasteiger partial charge in [-0.15, -0.1) is 0 Å². The summed E-state index contributed by atoms with van der Waals surface area (Å²) in [6, 6.07) is 13.1. The molecule has 0 saturated heterocycles. The molecule has 18 heavy (non-hydrogen) atoms. The van der Waals surface area contributed by atoms with Crippen molar-refractivity contribution < 1.29 is 0 Å². The number of benzene rings is 1. The van der Waals surface area contributed by atoms with Crippen molar-refractivity contribution in [1.29, 1.82) is 5.26 Å². The highest BCUT2D eigenvalue weighted by Gasteiger charge is 2.25. The van der Waals surface area contributed by atoms with Crippen LogP contribution in [0.15, 0.2) is 30.3 Å². The quantitative estimate of drug-likeness (QED) is 0.759. The van der Waals surface area contributed by atoms with Gasteiger partial charge >= 0.3 is 0 Å². The Kier molecular flexibility index (Phi) is 4.78. The molecule has 1 atom stereocenters. The summed E-state index contributed by atoms with van der Waals surface area (Å²) in [5.41, 5.74) is 1.28. The van der Waals surface area contributed by atoms with Crippen LogP contribution in [-0.2, 0) is 0 Å². The second kappa shape index (κ2) is 6.56. The normalized spacial score (nSPS) is 17.2. The summed E-state index contributed by atoms with van der Waals surface area (Å²) in [6.45, 7) is 4.38. The molecule has 1 aliphatic carbocycles. The van der Waals surface area contributed by atoms with E-state index in [2.05, 4.69) is 42.2 Å². The first kappa shape index (κ1) is 13.1. The zero-order chi connectivity index (χ0) is 12.8. The molecule has 2 nitrogen and oxygen atoms in total. The molecule has 0 aromatic heterocycles. The van der Waals surface area contributed by atoms with Gasteiger partial charge in [-0.25, -0.2) is 0 Å². The molecule has 1 saturated carbocycles. The van der Waals surface area contributed by atoms with E-state index in [0.717, 1.165) is 19.0 Å². The molecule has 96 valence electrons. The van der Waals surface area contributed by atoms with Crippen molar-refractivity contribution in [3.8, 4) is 6.07 Å². The molecule has 1 fully saturated rings. The van der Waals surface area contributed by atoms with Crippen LogP contribution in [0.4, 0.5) is 0 Å². The van der Waals surface area contributed by atoms with Crippen LogP contribution >= 0.6 is 0 Å². The Morgan fingerprint density at radius 3 is 2.56 bits per heavy atom. The summed E-state index contributed by atoms with van der Waals surface area (Å²) in [5.74, 6) is 0.856. The summed E-state index contributed by atoms with van der Waals surface area (Å²) >= 11 is 0. The molecule has 1 aromatic rings. The molecule has 0 spiro atoms. The summed E-state index contributed by atoms with van der Waals surface area (Å²) in [6.07, 6.45) is 4.70. The second-order valence-corrected chi connectivity index (χ2v) is 5.17. The molecule has 1 aromatic carbocycles. The van der Waals surface area contributed by atoms with E-state index >= 15 is 0 Å². The molecule has 0 heterocycles. The van der Waals surface area contributed by atoms with Crippen molar-refractivity contribution >= 4 is 0 Å². The highest BCUT2D eigenvalue weighted by Crippen LogP contribution is 2.31. The fraction of sp³-hybridized carbons (Fsp3) is 0.562. The van der Waals surface area contributed by atoms with E-state index in [4.69, 9.17) is 5.26 Å². The third-order valence-corrected chi connectivity index (χ3v) is 4.03. The first-order valence-electron chi connectivity index (χ1n) is 7.01. The summed E-state index contributed by atoms with van der Waals surface area (Å²) in [4.78, 5) is 2.47. The van der Waals surface area contributed by atoms with E-state index in [1.54, 1.807) is 0 Å². The van der Waals surface area contributed by atoms with Crippen molar-refractivity contribution in [1.82, 2.24) is 4.90 Å². The number of hydrogen-bond acceptors (Lipinski definition) is 2. The van der Waals surface area contributed by atoms with E-state index in [-0.39, 0.29) is 6.04 Å². The third kappa shape index (κ3) is 3.11.